The van der Waals surface area contributed by atoms with Gasteiger partial charge in [0.05, 0.1) is 5.69 Å². The van der Waals surface area contributed by atoms with E-state index in [-0.39, 0.29) is 0 Å². The molecular formula is C15H26N4. The molecule has 1 spiro atoms. The highest BCUT2D eigenvalue weighted by atomic mass is 15.3. The fraction of sp³-hybridized carbons (Fsp3) is 0.800. The van der Waals surface area contributed by atoms with Crippen molar-refractivity contribution in [3.05, 3.63) is 5.69 Å². The Labute approximate surface area is 116 Å². The van der Waals surface area contributed by atoms with Crippen LogP contribution in [-0.4, -0.2) is 22.9 Å². The lowest BCUT2D eigenvalue weighted by atomic mass is 9.71. The van der Waals surface area contributed by atoms with Crippen LogP contribution in [0.5, 0.6) is 0 Å². The van der Waals surface area contributed by atoms with Crippen LogP contribution in [0, 0.1) is 11.3 Å². The van der Waals surface area contributed by atoms with E-state index in [9.17, 15) is 0 Å². The standard InChI is InChI=1S/C15H26N4/c1-4-12-13-14(19(3)18-12)17-10-15(9-16-13)7-5-11(2)6-8-15/h11,16-17H,4-10H2,1-3H3. The molecule has 2 N–H and O–H groups in total. The van der Waals surface area contributed by atoms with Gasteiger partial charge in [0.25, 0.3) is 0 Å². The molecule has 0 unspecified atom stereocenters. The summed E-state index contributed by atoms with van der Waals surface area (Å²) >= 11 is 0. The molecule has 106 valence electrons. The molecule has 4 nitrogen and oxygen atoms in total. The van der Waals surface area contributed by atoms with Crippen LogP contribution in [0.1, 0.15) is 45.2 Å². The van der Waals surface area contributed by atoms with Crippen LogP contribution >= 0.6 is 0 Å². The van der Waals surface area contributed by atoms with Gasteiger partial charge in [0.2, 0.25) is 0 Å². The predicted molar refractivity (Wildman–Crippen MR) is 79.6 cm³/mol. The molecule has 0 atom stereocenters. The molecule has 1 aliphatic carbocycles. The maximum absolute atomic E-state index is 4.59. The molecule has 1 fully saturated rings. The van der Waals surface area contributed by atoms with Crippen LogP contribution in [0.15, 0.2) is 0 Å². The van der Waals surface area contributed by atoms with E-state index < -0.39 is 0 Å². The zero-order valence-corrected chi connectivity index (χ0v) is 12.4. The van der Waals surface area contributed by atoms with Crippen LogP contribution in [-0.2, 0) is 13.5 Å². The van der Waals surface area contributed by atoms with Gasteiger partial charge in [-0.2, -0.15) is 5.10 Å². The van der Waals surface area contributed by atoms with Crippen molar-refractivity contribution in [1.29, 1.82) is 0 Å². The number of hydrogen-bond acceptors (Lipinski definition) is 3. The second-order valence-corrected chi connectivity index (χ2v) is 6.54. The van der Waals surface area contributed by atoms with Gasteiger partial charge in [0.15, 0.2) is 0 Å². The van der Waals surface area contributed by atoms with Crippen molar-refractivity contribution in [3.8, 4) is 0 Å². The lowest BCUT2D eigenvalue weighted by Crippen LogP contribution is -2.38. The van der Waals surface area contributed by atoms with Crippen LogP contribution < -0.4 is 10.6 Å². The molecular weight excluding hydrogens is 236 g/mol. The maximum atomic E-state index is 4.59. The Morgan fingerprint density at radius 2 is 1.95 bits per heavy atom. The molecule has 0 aromatic carbocycles. The topological polar surface area (TPSA) is 41.9 Å². The van der Waals surface area contributed by atoms with E-state index in [0.717, 1.165) is 25.4 Å². The first kappa shape index (κ1) is 12.8. The molecule has 1 aromatic rings. The monoisotopic (exact) mass is 262 g/mol. The van der Waals surface area contributed by atoms with Gasteiger partial charge in [-0.05, 0) is 25.2 Å². The summed E-state index contributed by atoms with van der Waals surface area (Å²) in [5, 5.41) is 11.9. The molecule has 19 heavy (non-hydrogen) atoms. The van der Waals surface area contributed by atoms with Gasteiger partial charge in [-0.25, -0.2) is 0 Å². The van der Waals surface area contributed by atoms with Gasteiger partial charge in [-0.3, -0.25) is 4.68 Å². The minimum absolute atomic E-state index is 0.441. The zero-order chi connectivity index (χ0) is 13.5. The Bertz CT molecular complexity index is 455. The molecule has 0 amide bonds. The van der Waals surface area contributed by atoms with Gasteiger partial charge in [-0.15, -0.1) is 0 Å². The summed E-state index contributed by atoms with van der Waals surface area (Å²) in [6.07, 6.45) is 6.42. The summed E-state index contributed by atoms with van der Waals surface area (Å²) in [4.78, 5) is 0. The van der Waals surface area contributed by atoms with Crippen LogP contribution in [0.4, 0.5) is 11.5 Å². The number of anilines is 2. The maximum Gasteiger partial charge on any atom is 0.148 e. The minimum Gasteiger partial charge on any atom is -0.380 e. The number of aromatic nitrogens is 2. The Morgan fingerprint density at radius 1 is 1.26 bits per heavy atom. The van der Waals surface area contributed by atoms with Crippen molar-refractivity contribution in [2.24, 2.45) is 18.4 Å². The third-order valence-electron chi connectivity index (χ3n) is 5.06. The highest BCUT2D eigenvalue weighted by Gasteiger charge is 2.36. The number of nitrogens with one attached hydrogen (secondary N) is 2. The summed E-state index contributed by atoms with van der Waals surface area (Å²) < 4.78 is 1.99. The lowest BCUT2D eigenvalue weighted by Gasteiger charge is -2.38. The van der Waals surface area contributed by atoms with Gasteiger partial charge >= 0.3 is 0 Å². The van der Waals surface area contributed by atoms with E-state index in [4.69, 9.17) is 0 Å². The second-order valence-electron chi connectivity index (χ2n) is 6.54. The molecule has 3 rings (SSSR count). The Kier molecular flexibility index (Phi) is 3.19. The van der Waals surface area contributed by atoms with Crippen molar-refractivity contribution in [3.63, 3.8) is 0 Å². The van der Waals surface area contributed by atoms with E-state index in [2.05, 4.69) is 29.6 Å². The smallest absolute Gasteiger partial charge is 0.148 e. The summed E-state index contributed by atoms with van der Waals surface area (Å²) in [7, 11) is 2.04. The summed E-state index contributed by atoms with van der Waals surface area (Å²) in [5.41, 5.74) is 2.86. The Hall–Kier alpha value is -1.19. The molecule has 1 aliphatic heterocycles. The first-order valence-electron chi connectivity index (χ1n) is 7.67. The molecule has 2 aliphatic rings. The van der Waals surface area contributed by atoms with Crippen molar-refractivity contribution >= 4 is 11.5 Å². The summed E-state index contributed by atoms with van der Waals surface area (Å²) in [5.74, 6) is 2.08. The molecule has 0 saturated heterocycles. The van der Waals surface area contributed by atoms with Crippen LogP contribution in [0.3, 0.4) is 0 Å². The third-order valence-corrected chi connectivity index (χ3v) is 5.06. The van der Waals surface area contributed by atoms with Crippen molar-refractivity contribution in [2.45, 2.75) is 46.0 Å². The number of aryl methyl sites for hydroxylation is 2. The summed E-state index contributed by atoms with van der Waals surface area (Å²) in [6.45, 7) is 6.74. The van der Waals surface area contributed by atoms with Gasteiger partial charge in [0, 0.05) is 25.6 Å². The van der Waals surface area contributed by atoms with E-state index in [1.807, 2.05) is 11.7 Å². The largest absolute Gasteiger partial charge is 0.380 e. The van der Waals surface area contributed by atoms with Gasteiger partial charge < -0.3 is 10.6 Å². The van der Waals surface area contributed by atoms with E-state index in [1.54, 1.807) is 0 Å². The first-order chi connectivity index (χ1) is 9.13. The SMILES string of the molecule is CCc1nn(C)c2c1NCC1(CCC(C)CC1)CN2. The zero-order valence-electron chi connectivity index (χ0n) is 12.4. The fourth-order valence-electron chi connectivity index (χ4n) is 3.55. The van der Waals surface area contributed by atoms with Crippen LogP contribution in [0.2, 0.25) is 0 Å². The quantitative estimate of drug-likeness (QED) is 0.817. The van der Waals surface area contributed by atoms with Crippen molar-refractivity contribution in [2.75, 3.05) is 23.7 Å². The third kappa shape index (κ3) is 2.21. The Morgan fingerprint density at radius 3 is 2.63 bits per heavy atom. The van der Waals surface area contributed by atoms with Gasteiger partial charge in [0.1, 0.15) is 11.5 Å². The Balaban J connectivity index is 1.81. The normalized spacial score (nSPS) is 30.4. The first-order valence-corrected chi connectivity index (χ1v) is 7.67. The molecule has 2 heterocycles. The van der Waals surface area contributed by atoms with E-state index in [0.29, 0.717) is 5.41 Å². The number of rotatable bonds is 1. The molecule has 1 saturated carbocycles. The lowest BCUT2D eigenvalue weighted by molar-refractivity contribution is 0.185. The van der Waals surface area contributed by atoms with E-state index in [1.165, 1.54) is 42.9 Å². The van der Waals surface area contributed by atoms with E-state index >= 15 is 0 Å². The highest BCUT2D eigenvalue weighted by molar-refractivity contribution is 5.69. The van der Waals surface area contributed by atoms with Gasteiger partial charge in [-0.1, -0.05) is 26.7 Å². The minimum atomic E-state index is 0.441. The van der Waals surface area contributed by atoms with Crippen molar-refractivity contribution < 1.29 is 0 Å². The predicted octanol–water partition coefficient (Wildman–Crippen LogP) is 3.02. The summed E-state index contributed by atoms with van der Waals surface area (Å²) in [6, 6.07) is 0. The highest BCUT2D eigenvalue weighted by Crippen LogP contribution is 2.42. The second kappa shape index (κ2) is 4.73. The molecule has 0 bridgehead atoms. The average Bonchev–Trinajstić information content (AvgIpc) is 2.61. The number of nitrogens with zero attached hydrogens (tertiary/aromatic N) is 2. The average molecular weight is 262 g/mol. The number of hydrogen-bond donors (Lipinski definition) is 2. The number of fused-ring (bicyclic) bond motifs is 1. The van der Waals surface area contributed by atoms with Crippen LogP contribution in [0.25, 0.3) is 0 Å². The molecule has 1 aromatic heterocycles. The van der Waals surface area contributed by atoms with Crippen molar-refractivity contribution in [1.82, 2.24) is 9.78 Å². The molecule has 4 heteroatoms. The molecule has 0 radical (unpaired) electrons. The fourth-order valence-corrected chi connectivity index (χ4v) is 3.55.